The molecule has 0 aliphatic heterocycles. The van der Waals surface area contributed by atoms with Crippen LogP contribution in [0.15, 0.2) is 48.5 Å². The highest BCUT2D eigenvalue weighted by Gasteiger charge is 2.30. The van der Waals surface area contributed by atoms with E-state index >= 15 is 0 Å². The molecule has 2 N–H and O–H groups in total. The maximum Gasteiger partial charge on any atom is 0.416 e. The molecule has 8 heteroatoms. The van der Waals surface area contributed by atoms with Crippen molar-refractivity contribution in [1.29, 1.82) is 0 Å². The van der Waals surface area contributed by atoms with Gasteiger partial charge in [0.1, 0.15) is 0 Å². The number of anilines is 1. The standard InChI is InChI=1S/C19H21F3N2O3/c1-26-8-9-27-13-15-5-3-7-17(11-15)24-18(25)23-12-14-4-2-6-16(10-14)19(20,21)22/h2-7,10-11H,8-9,12-13H2,1H3,(H2,23,24,25). The number of hydrogen-bond donors (Lipinski definition) is 2. The van der Waals surface area contributed by atoms with Gasteiger partial charge in [0.05, 0.1) is 25.4 Å². The third-order valence-corrected chi connectivity index (χ3v) is 3.59. The molecule has 0 heterocycles. The molecule has 2 amide bonds. The quantitative estimate of drug-likeness (QED) is 0.673. The van der Waals surface area contributed by atoms with E-state index in [-0.39, 0.29) is 6.54 Å². The highest BCUT2D eigenvalue weighted by atomic mass is 19.4. The second-order valence-corrected chi connectivity index (χ2v) is 5.75. The van der Waals surface area contributed by atoms with E-state index in [1.165, 1.54) is 12.1 Å². The van der Waals surface area contributed by atoms with Gasteiger partial charge in [0, 0.05) is 19.3 Å². The molecule has 2 aromatic carbocycles. The SMILES string of the molecule is COCCOCc1cccc(NC(=O)NCc2cccc(C(F)(F)F)c2)c1. The summed E-state index contributed by atoms with van der Waals surface area (Å²) < 4.78 is 48.4. The van der Waals surface area contributed by atoms with Crippen LogP contribution in [0.25, 0.3) is 0 Å². The normalized spacial score (nSPS) is 11.3. The number of methoxy groups -OCH3 is 1. The third kappa shape index (κ3) is 7.28. The zero-order valence-corrected chi connectivity index (χ0v) is 14.8. The molecule has 0 saturated carbocycles. The van der Waals surface area contributed by atoms with Gasteiger partial charge >= 0.3 is 12.2 Å². The lowest BCUT2D eigenvalue weighted by Crippen LogP contribution is -2.28. The number of urea groups is 1. The van der Waals surface area contributed by atoms with E-state index < -0.39 is 17.8 Å². The second-order valence-electron chi connectivity index (χ2n) is 5.75. The molecule has 0 spiro atoms. The van der Waals surface area contributed by atoms with E-state index in [0.29, 0.717) is 31.1 Å². The van der Waals surface area contributed by atoms with Crippen LogP contribution >= 0.6 is 0 Å². The molecular formula is C19H21F3N2O3. The van der Waals surface area contributed by atoms with Gasteiger partial charge in [0.25, 0.3) is 0 Å². The van der Waals surface area contributed by atoms with Gasteiger partial charge in [0.2, 0.25) is 0 Å². The Balaban J connectivity index is 1.85. The van der Waals surface area contributed by atoms with E-state index in [1.54, 1.807) is 25.3 Å². The molecule has 0 atom stereocenters. The molecule has 0 radical (unpaired) electrons. The van der Waals surface area contributed by atoms with Gasteiger partial charge in [-0.3, -0.25) is 0 Å². The molecule has 0 aliphatic rings. The van der Waals surface area contributed by atoms with E-state index in [1.807, 2.05) is 6.07 Å². The number of amides is 2. The molecule has 146 valence electrons. The number of carbonyl (C=O) groups excluding carboxylic acids is 1. The Bertz CT molecular complexity index is 751. The number of halogens is 3. The molecule has 0 bridgehead atoms. The van der Waals surface area contributed by atoms with Crippen molar-refractivity contribution < 1.29 is 27.4 Å². The summed E-state index contributed by atoms with van der Waals surface area (Å²) in [6, 6.07) is 11.4. The highest BCUT2D eigenvalue weighted by Crippen LogP contribution is 2.29. The Morgan fingerprint density at radius 1 is 1.04 bits per heavy atom. The Morgan fingerprint density at radius 2 is 1.78 bits per heavy atom. The number of carbonyl (C=O) groups is 1. The van der Waals surface area contributed by atoms with Crippen LogP contribution < -0.4 is 10.6 Å². The van der Waals surface area contributed by atoms with Crippen LogP contribution in [0.3, 0.4) is 0 Å². The van der Waals surface area contributed by atoms with Gasteiger partial charge in [-0.15, -0.1) is 0 Å². The average molecular weight is 382 g/mol. The van der Waals surface area contributed by atoms with Crippen molar-refractivity contribution in [3.05, 3.63) is 65.2 Å². The minimum atomic E-state index is -4.41. The lowest BCUT2D eigenvalue weighted by atomic mass is 10.1. The Morgan fingerprint density at radius 3 is 2.52 bits per heavy atom. The van der Waals surface area contributed by atoms with Gasteiger partial charge in [-0.05, 0) is 35.4 Å². The fourth-order valence-electron chi connectivity index (χ4n) is 2.29. The van der Waals surface area contributed by atoms with E-state index in [9.17, 15) is 18.0 Å². The van der Waals surface area contributed by atoms with Gasteiger partial charge in [0.15, 0.2) is 0 Å². The van der Waals surface area contributed by atoms with Gasteiger partial charge in [-0.1, -0.05) is 24.3 Å². The Hall–Kier alpha value is -2.58. The number of ether oxygens (including phenoxy) is 2. The van der Waals surface area contributed by atoms with Crippen molar-refractivity contribution >= 4 is 11.7 Å². The van der Waals surface area contributed by atoms with Crippen LogP contribution in [0.5, 0.6) is 0 Å². The predicted octanol–water partition coefficient (Wildman–Crippen LogP) is 4.19. The summed E-state index contributed by atoms with van der Waals surface area (Å²) >= 11 is 0. The zero-order chi connectivity index (χ0) is 19.7. The molecule has 0 saturated heterocycles. The predicted molar refractivity (Wildman–Crippen MR) is 95.3 cm³/mol. The Kier molecular flexibility index (Phi) is 7.63. The average Bonchev–Trinajstić information content (AvgIpc) is 2.63. The van der Waals surface area contributed by atoms with Crippen molar-refractivity contribution in [2.24, 2.45) is 0 Å². The summed E-state index contributed by atoms with van der Waals surface area (Å²) in [4.78, 5) is 12.0. The molecule has 5 nitrogen and oxygen atoms in total. The third-order valence-electron chi connectivity index (χ3n) is 3.59. The number of alkyl halides is 3. The summed E-state index contributed by atoms with van der Waals surface area (Å²) in [5, 5.41) is 5.19. The molecular weight excluding hydrogens is 361 g/mol. The van der Waals surface area contributed by atoms with Crippen molar-refractivity contribution in [1.82, 2.24) is 5.32 Å². The van der Waals surface area contributed by atoms with Crippen LogP contribution in [0.1, 0.15) is 16.7 Å². The maximum atomic E-state index is 12.7. The first-order valence-electron chi connectivity index (χ1n) is 8.25. The smallest absolute Gasteiger partial charge is 0.382 e. The monoisotopic (exact) mass is 382 g/mol. The van der Waals surface area contributed by atoms with Crippen LogP contribution in [-0.2, 0) is 28.8 Å². The van der Waals surface area contributed by atoms with Crippen LogP contribution in [-0.4, -0.2) is 26.4 Å². The molecule has 0 unspecified atom stereocenters. The maximum absolute atomic E-state index is 12.7. The Labute approximate surface area is 155 Å². The molecule has 2 aromatic rings. The minimum Gasteiger partial charge on any atom is -0.382 e. The molecule has 27 heavy (non-hydrogen) atoms. The summed E-state index contributed by atoms with van der Waals surface area (Å²) in [6.07, 6.45) is -4.41. The fourth-order valence-corrected chi connectivity index (χ4v) is 2.29. The lowest BCUT2D eigenvalue weighted by Gasteiger charge is -2.11. The van der Waals surface area contributed by atoms with Crippen LogP contribution in [0.2, 0.25) is 0 Å². The summed E-state index contributed by atoms with van der Waals surface area (Å²) in [7, 11) is 1.59. The number of rotatable bonds is 8. The zero-order valence-electron chi connectivity index (χ0n) is 14.8. The fraction of sp³-hybridized carbons (Fsp3) is 0.316. The van der Waals surface area contributed by atoms with E-state index in [0.717, 1.165) is 17.7 Å². The van der Waals surface area contributed by atoms with E-state index in [4.69, 9.17) is 9.47 Å². The number of benzene rings is 2. The first kappa shape index (κ1) is 20.7. The van der Waals surface area contributed by atoms with Crippen molar-refractivity contribution in [3.63, 3.8) is 0 Å². The van der Waals surface area contributed by atoms with E-state index in [2.05, 4.69) is 10.6 Å². The molecule has 0 fully saturated rings. The largest absolute Gasteiger partial charge is 0.416 e. The summed E-state index contributed by atoms with van der Waals surface area (Å²) in [5.74, 6) is 0. The topological polar surface area (TPSA) is 59.6 Å². The van der Waals surface area contributed by atoms with Crippen molar-refractivity contribution in [2.75, 3.05) is 25.6 Å². The number of hydrogen-bond acceptors (Lipinski definition) is 3. The second kappa shape index (κ2) is 9.94. The minimum absolute atomic E-state index is 0.0183. The first-order valence-corrected chi connectivity index (χ1v) is 8.25. The van der Waals surface area contributed by atoms with Gasteiger partial charge in [-0.25, -0.2) is 4.79 Å². The lowest BCUT2D eigenvalue weighted by molar-refractivity contribution is -0.137. The van der Waals surface area contributed by atoms with Gasteiger partial charge < -0.3 is 20.1 Å². The van der Waals surface area contributed by atoms with Crippen LogP contribution in [0.4, 0.5) is 23.7 Å². The summed E-state index contributed by atoms with van der Waals surface area (Å²) in [6.45, 7) is 1.32. The van der Waals surface area contributed by atoms with Crippen LogP contribution in [0, 0.1) is 0 Å². The van der Waals surface area contributed by atoms with Crippen molar-refractivity contribution in [2.45, 2.75) is 19.3 Å². The number of nitrogens with one attached hydrogen (secondary N) is 2. The molecule has 0 aliphatic carbocycles. The summed E-state index contributed by atoms with van der Waals surface area (Å²) in [5.41, 5.74) is 1.05. The highest BCUT2D eigenvalue weighted by molar-refractivity contribution is 5.89. The van der Waals surface area contributed by atoms with Crippen molar-refractivity contribution in [3.8, 4) is 0 Å². The van der Waals surface area contributed by atoms with Gasteiger partial charge in [-0.2, -0.15) is 13.2 Å². The molecule has 2 rings (SSSR count). The molecule has 0 aromatic heterocycles. The first-order chi connectivity index (χ1) is 12.9.